The number of H-pyrrole nitrogens is 1. The number of rotatable bonds is 5. The van der Waals surface area contributed by atoms with E-state index in [0.29, 0.717) is 17.6 Å². The first-order valence-corrected chi connectivity index (χ1v) is 11.4. The van der Waals surface area contributed by atoms with Gasteiger partial charge < -0.3 is 15.3 Å². The number of fused-ring (bicyclic) bond motifs is 1. The van der Waals surface area contributed by atoms with Gasteiger partial charge in [-0.15, -0.1) is 0 Å². The lowest BCUT2D eigenvalue weighted by Crippen LogP contribution is -2.39. The summed E-state index contributed by atoms with van der Waals surface area (Å²) in [6, 6.07) is 8.81. The molecular formula is C23H26N6OS. The van der Waals surface area contributed by atoms with Crippen molar-refractivity contribution in [2.24, 2.45) is 0 Å². The van der Waals surface area contributed by atoms with Crippen LogP contribution in [0.5, 0.6) is 5.75 Å². The summed E-state index contributed by atoms with van der Waals surface area (Å²) in [5, 5.41) is 21.8. The fourth-order valence-corrected chi connectivity index (χ4v) is 5.37. The molecule has 3 heterocycles. The Balaban J connectivity index is 1.40. The van der Waals surface area contributed by atoms with Gasteiger partial charge in [0, 0.05) is 36.5 Å². The maximum Gasteiger partial charge on any atom is 0.186 e. The highest BCUT2D eigenvalue weighted by atomic mass is 32.1. The average molecular weight is 435 g/mol. The quantitative estimate of drug-likeness (QED) is 0.431. The van der Waals surface area contributed by atoms with E-state index in [2.05, 4.69) is 39.5 Å². The van der Waals surface area contributed by atoms with Crippen LogP contribution in [-0.2, 0) is 0 Å². The summed E-state index contributed by atoms with van der Waals surface area (Å²) in [7, 11) is 4.20. The fourth-order valence-electron chi connectivity index (χ4n) is 4.36. The lowest BCUT2D eigenvalue weighted by molar-refractivity contribution is 0.351. The van der Waals surface area contributed by atoms with Gasteiger partial charge in [0.05, 0.1) is 22.8 Å². The highest BCUT2D eigenvalue weighted by Gasteiger charge is 2.25. The van der Waals surface area contributed by atoms with E-state index in [1.807, 2.05) is 18.2 Å². The molecule has 0 saturated heterocycles. The summed E-state index contributed by atoms with van der Waals surface area (Å²) in [5.41, 5.74) is 4.20. The number of thiazole rings is 1. The SMILES string of the molecule is CN[C@H]1CC[C@@H](N(C)c2nc3cnc(-c4ccc(-c5cn[nH]c5)cc4O)cc3s2)CC1. The molecule has 0 aliphatic heterocycles. The van der Waals surface area contributed by atoms with Crippen molar-refractivity contribution < 1.29 is 5.11 Å². The number of nitrogens with zero attached hydrogens (tertiary/aromatic N) is 4. The number of phenols is 1. The molecule has 1 aromatic carbocycles. The molecule has 160 valence electrons. The molecule has 3 N–H and O–H groups in total. The van der Waals surface area contributed by atoms with Gasteiger partial charge in [-0.05, 0) is 56.5 Å². The minimum Gasteiger partial charge on any atom is -0.507 e. The van der Waals surface area contributed by atoms with Gasteiger partial charge in [0.25, 0.3) is 0 Å². The second kappa shape index (κ2) is 8.28. The molecule has 1 saturated carbocycles. The molecule has 0 atom stereocenters. The van der Waals surface area contributed by atoms with Crippen molar-refractivity contribution in [2.45, 2.75) is 37.8 Å². The van der Waals surface area contributed by atoms with E-state index in [4.69, 9.17) is 4.98 Å². The zero-order valence-electron chi connectivity index (χ0n) is 17.7. The Bertz CT molecular complexity index is 1180. The van der Waals surface area contributed by atoms with Crippen LogP contribution < -0.4 is 10.2 Å². The van der Waals surface area contributed by atoms with Crippen molar-refractivity contribution in [3.05, 3.63) is 42.9 Å². The molecule has 0 spiro atoms. The van der Waals surface area contributed by atoms with Crippen LogP contribution in [0.3, 0.4) is 0 Å². The average Bonchev–Trinajstić information content (AvgIpc) is 3.48. The van der Waals surface area contributed by atoms with Crippen molar-refractivity contribution in [3.63, 3.8) is 0 Å². The van der Waals surface area contributed by atoms with Crippen LogP contribution in [0.25, 0.3) is 32.6 Å². The molecule has 1 aliphatic rings. The van der Waals surface area contributed by atoms with E-state index in [1.54, 1.807) is 36.0 Å². The third-order valence-electron chi connectivity index (χ3n) is 6.32. The van der Waals surface area contributed by atoms with Gasteiger partial charge in [-0.1, -0.05) is 17.4 Å². The molecule has 1 fully saturated rings. The monoisotopic (exact) mass is 434 g/mol. The molecule has 7 nitrogen and oxygen atoms in total. The molecule has 5 rings (SSSR count). The van der Waals surface area contributed by atoms with Crippen LogP contribution in [0, 0.1) is 0 Å². The lowest BCUT2D eigenvalue weighted by Gasteiger charge is -2.34. The van der Waals surface area contributed by atoms with Crippen LogP contribution in [0.1, 0.15) is 25.7 Å². The summed E-state index contributed by atoms with van der Waals surface area (Å²) in [4.78, 5) is 11.7. The first-order chi connectivity index (χ1) is 15.1. The minimum atomic E-state index is 0.203. The van der Waals surface area contributed by atoms with Gasteiger partial charge in [-0.2, -0.15) is 5.10 Å². The van der Waals surface area contributed by atoms with Gasteiger partial charge in [0.15, 0.2) is 5.13 Å². The van der Waals surface area contributed by atoms with Crippen molar-refractivity contribution in [3.8, 4) is 28.1 Å². The highest BCUT2D eigenvalue weighted by molar-refractivity contribution is 7.22. The summed E-state index contributed by atoms with van der Waals surface area (Å²) >= 11 is 1.69. The van der Waals surface area contributed by atoms with Crippen LogP contribution in [0.2, 0.25) is 0 Å². The molecule has 0 amide bonds. The van der Waals surface area contributed by atoms with Crippen LogP contribution >= 0.6 is 11.3 Å². The zero-order chi connectivity index (χ0) is 21.4. The first kappa shape index (κ1) is 20.0. The maximum atomic E-state index is 10.6. The molecule has 8 heteroatoms. The highest BCUT2D eigenvalue weighted by Crippen LogP contribution is 2.36. The Hall–Kier alpha value is -2.97. The molecule has 4 aromatic rings. The first-order valence-electron chi connectivity index (χ1n) is 10.6. The Labute approximate surface area is 185 Å². The predicted octanol–water partition coefficient (Wildman–Crippen LogP) is 4.42. The number of phenolic OH excluding ortho intramolecular Hbond substituents is 1. The van der Waals surface area contributed by atoms with E-state index < -0.39 is 0 Å². The maximum absolute atomic E-state index is 10.6. The van der Waals surface area contributed by atoms with E-state index in [1.165, 1.54) is 25.7 Å². The standard InChI is InChI=1S/C23H26N6OS/c1-24-16-4-6-17(7-5-16)29(2)23-28-20-13-25-19(10-22(20)31-23)18-8-3-14(9-21(18)30)15-11-26-27-12-15/h3,8-13,16-17,24,30H,4-7H2,1-2H3,(H,26,27)/t16-,17+. The van der Waals surface area contributed by atoms with Gasteiger partial charge in [0.2, 0.25) is 0 Å². The lowest BCUT2D eigenvalue weighted by atomic mass is 9.91. The Morgan fingerprint density at radius 2 is 1.97 bits per heavy atom. The van der Waals surface area contributed by atoms with Gasteiger partial charge >= 0.3 is 0 Å². The Morgan fingerprint density at radius 3 is 2.68 bits per heavy atom. The van der Waals surface area contributed by atoms with E-state index in [9.17, 15) is 5.11 Å². The van der Waals surface area contributed by atoms with Crippen LogP contribution in [0.4, 0.5) is 5.13 Å². The van der Waals surface area contributed by atoms with E-state index >= 15 is 0 Å². The summed E-state index contributed by atoms with van der Waals surface area (Å²) in [6.07, 6.45) is 10.1. The number of hydrogen-bond acceptors (Lipinski definition) is 7. The topological polar surface area (TPSA) is 90.0 Å². The number of nitrogens with one attached hydrogen (secondary N) is 2. The van der Waals surface area contributed by atoms with Crippen molar-refractivity contribution in [1.82, 2.24) is 25.5 Å². The number of pyridine rings is 1. The normalized spacial score (nSPS) is 19.0. The third kappa shape index (κ3) is 3.88. The van der Waals surface area contributed by atoms with E-state index in [0.717, 1.165) is 32.2 Å². The van der Waals surface area contributed by atoms with Crippen LogP contribution in [0.15, 0.2) is 42.9 Å². The molecule has 0 bridgehead atoms. The molecule has 0 unspecified atom stereocenters. The second-order valence-electron chi connectivity index (χ2n) is 8.16. The fraction of sp³-hybridized carbons (Fsp3) is 0.348. The third-order valence-corrected chi connectivity index (χ3v) is 7.43. The number of hydrogen-bond donors (Lipinski definition) is 3. The van der Waals surface area contributed by atoms with Crippen LogP contribution in [-0.4, -0.2) is 51.5 Å². The smallest absolute Gasteiger partial charge is 0.186 e. The largest absolute Gasteiger partial charge is 0.507 e. The predicted molar refractivity (Wildman–Crippen MR) is 126 cm³/mol. The Kier molecular flexibility index (Phi) is 5.33. The van der Waals surface area contributed by atoms with Gasteiger partial charge in [-0.3, -0.25) is 10.1 Å². The number of anilines is 1. The molecule has 31 heavy (non-hydrogen) atoms. The molecule has 3 aromatic heterocycles. The van der Waals surface area contributed by atoms with Gasteiger partial charge in [0.1, 0.15) is 11.3 Å². The summed E-state index contributed by atoms with van der Waals surface area (Å²) in [5.74, 6) is 0.203. The Morgan fingerprint density at radius 1 is 1.13 bits per heavy atom. The molecule has 0 radical (unpaired) electrons. The number of benzene rings is 1. The summed E-state index contributed by atoms with van der Waals surface area (Å²) < 4.78 is 1.08. The molecular weight excluding hydrogens is 408 g/mol. The van der Waals surface area contributed by atoms with Crippen molar-refractivity contribution in [1.29, 1.82) is 0 Å². The summed E-state index contributed by atoms with van der Waals surface area (Å²) in [6.45, 7) is 0. The molecule has 1 aliphatic carbocycles. The zero-order valence-corrected chi connectivity index (χ0v) is 18.5. The number of aromatic amines is 1. The number of aromatic nitrogens is 4. The number of aromatic hydroxyl groups is 1. The second-order valence-corrected chi connectivity index (χ2v) is 9.17. The van der Waals surface area contributed by atoms with Crippen molar-refractivity contribution in [2.75, 3.05) is 19.0 Å². The minimum absolute atomic E-state index is 0.203. The van der Waals surface area contributed by atoms with E-state index in [-0.39, 0.29) is 5.75 Å². The van der Waals surface area contributed by atoms with Crippen molar-refractivity contribution >= 4 is 26.7 Å². The van der Waals surface area contributed by atoms with Gasteiger partial charge in [-0.25, -0.2) is 4.98 Å².